The van der Waals surface area contributed by atoms with Crippen LogP contribution in [-0.2, 0) is 6.42 Å². The van der Waals surface area contributed by atoms with Gasteiger partial charge < -0.3 is 5.32 Å². The number of hydrogen-bond acceptors (Lipinski definition) is 1. The number of nitrogens with one attached hydrogen (secondary N) is 1. The Bertz CT molecular complexity index is 640. The smallest absolute Gasteiger partial charge is 0.254 e. The molecule has 0 saturated carbocycles. The monoisotopic (exact) mass is 305 g/mol. The molecule has 0 aromatic heterocycles. The fourth-order valence-electron chi connectivity index (χ4n) is 2.07. The lowest BCUT2D eigenvalue weighted by atomic mass is 10.0. The predicted molar refractivity (Wildman–Crippen MR) is 83.1 cm³/mol. The summed E-state index contributed by atoms with van der Waals surface area (Å²) < 4.78 is 13.7. The average molecular weight is 306 g/mol. The Balaban J connectivity index is 2.10. The van der Waals surface area contributed by atoms with Gasteiger partial charge in [-0.2, -0.15) is 0 Å². The molecule has 2 rings (SSSR count). The summed E-state index contributed by atoms with van der Waals surface area (Å²) in [6, 6.07) is 11.8. The number of carbonyl (C=O) groups excluding carboxylic acids is 1. The number of benzene rings is 2. The third-order valence-electron chi connectivity index (χ3n) is 3.41. The predicted octanol–water partition coefficient (Wildman–Crippen LogP) is 4.53. The molecule has 0 spiro atoms. The highest BCUT2D eigenvalue weighted by molar-refractivity contribution is 6.30. The van der Waals surface area contributed by atoms with E-state index in [-0.39, 0.29) is 16.6 Å². The summed E-state index contributed by atoms with van der Waals surface area (Å²) in [4.78, 5) is 12.1. The molecule has 2 nitrogen and oxygen atoms in total. The van der Waals surface area contributed by atoms with Crippen molar-refractivity contribution in [2.24, 2.45) is 0 Å². The minimum absolute atomic E-state index is 0.00331. The van der Waals surface area contributed by atoms with Crippen LogP contribution < -0.4 is 5.32 Å². The lowest BCUT2D eigenvalue weighted by Gasteiger charge is -2.15. The van der Waals surface area contributed by atoms with Crippen molar-refractivity contribution in [1.29, 1.82) is 0 Å². The highest BCUT2D eigenvalue weighted by atomic mass is 35.5. The molecule has 2 aromatic carbocycles. The molecule has 21 heavy (non-hydrogen) atoms. The van der Waals surface area contributed by atoms with Crippen molar-refractivity contribution < 1.29 is 9.18 Å². The second-order valence-corrected chi connectivity index (χ2v) is 5.35. The van der Waals surface area contributed by atoms with Gasteiger partial charge in [0.2, 0.25) is 0 Å². The molecule has 4 heteroatoms. The van der Waals surface area contributed by atoms with Crippen LogP contribution in [0.4, 0.5) is 4.39 Å². The van der Waals surface area contributed by atoms with Crippen LogP contribution in [0, 0.1) is 5.82 Å². The van der Waals surface area contributed by atoms with Gasteiger partial charge in [0.1, 0.15) is 5.82 Å². The first-order valence-corrected chi connectivity index (χ1v) is 7.23. The van der Waals surface area contributed by atoms with Crippen LogP contribution in [0.1, 0.15) is 41.4 Å². The number of hydrogen-bond donors (Lipinski definition) is 1. The summed E-state index contributed by atoms with van der Waals surface area (Å²) in [6.45, 7) is 3.95. The van der Waals surface area contributed by atoms with E-state index < -0.39 is 11.7 Å². The topological polar surface area (TPSA) is 29.1 Å². The zero-order chi connectivity index (χ0) is 15.4. The minimum Gasteiger partial charge on any atom is -0.345 e. The van der Waals surface area contributed by atoms with Gasteiger partial charge in [-0.1, -0.05) is 42.8 Å². The highest BCUT2D eigenvalue weighted by Crippen LogP contribution is 2.17. The molecule has 0 aliphatic rings. The fourth-order valence-corrected chi connectivity index (χ4v) is 2.23. The summed E-state index contributed by atoms with van der Waals surface area (Å²) >= 11 is 5.68. The van der Waals surface area contributed by atoms with Crippen molar-refractivity contribution in [2.75, 3.05) is 0 Å². The molecule has 110 valence electrons. The number of aryl methyl sites for hydroxylation is 1. The van der Waals surface area contributed by atoms with Crippen molar-refractivity contribution in [3.63, 3.8) is 0 Å². The molecule has 0 aliphatic heterocycles. The summed E-state index contributed by atoms with van der Waals surface area (Å²) in [5, 5.41) is 3.06. The number of carbonyl (C=O) groups is 1. The van der Waals surface area contributed by atoms with E-state index in [9.17, 15) is 9.18 Å². The van der Waals surface area contributed by atoms with Crippen LogP contribution >= 0.6 is 11.6 Å². The quantitative estimate of drug-likeness (QED) is 0.883. The standard InChI is InChI=1S/C17H17ClFNO/c1-3-12-4-6-13(7-5-12)11(2)20-17(21)15-9-8-14(18)10-16(15)19/h4-11H,3H2,1-2H3,(H,20,21)/t11-/m0/s1. The van der Waals surface area contributed by atoms with E-state index in [2.05, 4.69) is 12.2 Å². The number of rotatable bonds is 4. The molecule has 1 atom stereocenters. The minimum atomic E-state index is -0.617. The van der Waals surface area contributed by atoms with Gasteiger partial charge in [0.25, 0.3) is 5.91 Å². The Morgan fingerprint density at radius 2 is 1.90 bits per heavy atom. The van der Waals surface area contributed by atoms with E-state index in [4.69, 9.17) is 11.6 Å². The van der Waals surface area contributed by atoms with Gasteiger partial charge in [-0.25, -0.2) is 4.39 Å². The molecule has 2 aromatic rings. The molecular formula is C17H17ClFNO. The van der Waals surface area contributed by atoms with Crippen LogP contribution in [0.25, 0.3) is 0 Å². The van der Waals surface area contributed by atoms with Gasteiger partial charge in [0.15, 0.2) is 0 Å². The SMILES string of the molecule is CCc1ccc([C@H](C)NC(=O)c2ccc(Cl)cc2F)cc1. The Hall–Kier alpha value is -1.87. The lowest BCUT2D eigenvalue weighted by molar-refractivity contribution is 0.0936. The molecule has 0 unspecified atom stereocenters. The summed E-state index contributed by atoms with van der Waals surface area (Å²) in [7, 11) is 0. The number of halogens is 2. The first-order chi connectivity index (χ1) is 10.0. The normalized spacial score (nSPS) is 12.0. The van der Waals surface area contributed by atoms with Crippen LogP contribution in [0.15, 0.2) is 42.5 Å². The maximum absolute atomic E-state index is 13.7. The van der Waals surface area contributed by atoms with E-state index in [1.807, 2.05) is 31.2 Å². The zero-order valence-corrected chi connectivity index (χ0v) is 12.7. The highest BCUT2D eigenvalue weighted by Gasteiger charge is 2.15. The van der Waals surface area contributed by atoms with Gasteiger partial charge in [0.05, 0.1) is 11.6 Å². The second kappa shape index (κ2) is 6.72. The number of amides is 1. The van der Waals surface area contributed by atoms with Gasteiger partial charge in [0, 0.05) is 5.02 Å². The molecule has 1 N–H and O–H groups in total. The van der Waals surface area contributed by atoms with Crippen LogP contribution in [0.3, 0.4) is 0 Å². The van der Waals surface area contributed by atoms with Crippen LogP contribution in [-0.4, -0.2) is 5.91 Å². The first kappa shape index (κ1) is 15.5. The molecule has 0 radical (unpaired) electrons. The molecule has 0 saturated heterocycles. The fraction of sp³-hybridized carbons (Fsp3) is 0.235. The van der Waals surface area contributed by atoms with Crippen molar-refractivity contribution >= 4 is 17.5 Å². The van der Waals surface area contributed by atoms with Crippen molar-refractivity contribution in [3.05, 3.63) is 70.0 Å². The maximum atomic E-state index is 13.7. The van der Waals surface area contributed by atoms with Crippen molar-refractivity contribution in [3.8, 4) is 0 Å². The third-order valence-corrected chi connectivity index (χ3v) is 3.65. The van der Waals surface area contributed by atoms with Gasteiger partial charge >= 0.3 is 0 Å². The van der Waals surface area contributed by atoms with Gasteiger partial charge in [-0.15, -0.1) is 0 Å². The van der Waals surface area contributed by atoms with E-state index in [0.717, 1.165) is 18.1 Å². The molecular weight excluding hydrogens is 289 g/mol. The maximum Gasteiger partial charge on any atom is 0.254 e. The second-order valence-electron chi connectivity index (χ2n) is 4.91. The Kier molecular flexibility index (Phi) is 4.97. The van der Waals surface area contributed by atoms with E-state index >= 15 is 0 Å². The molecule has 0 heterocycles. The largest absolute Gasteiger partial charge is 0.345 e. The third kappa shape index (κ3) is 3.82. The van der Waals surface area contributed by atoms with Gasteiger partial charge in [-0.05, 0) is 42.7 Å². The van der Waals surface area contributed by atoms with Gasteiger partial charge in [-0.3, -0.25) is 4.79 Å². The molecule has 0 fully saturated rings. The molecule has 0 bridgehead atoms. The van der Waals surface area contributed by atoms with Crippen LogP contribution in [0.5, 0.6) is 0 Å². The molecule has 0 aliphatic carbocycles. The van der Waals surface area contributed by atoms with Crippen LogP contribution in [0.2, 0.25) is 5.02 Å². The van der Waals surface area contributed by atoms with Crippen molar-refractivity contribution in [1.82, 2.24) is 5.32 Å². The Morgan fingerprint density at radius 1 is 1.24 bits per heavy atom. The first-order valence-electron chi connectivity index (χ1n) is 6.86. The lowest BCUT2D eigenvalue weighted by Crippen LogP contribution is -2.27. The Morgan fingerprint density at radius 3 is 2.48 bits per heavy atom. The van der Waals surface area contributed by atoms with E-state index in [1.165, 1.54) is 17.7 Å². The van der Waals surface area contributed by atoms with E-state index in [0.29, 0.717) is 0 Å². The zero-order valence-electron chi connectivity index (χ0n) is 12.0. The average Bonchev–Trinajstić information content (AvgIpc) is 2.47. The Labute approximate surface area is 128 Å². The molecule has 1 amide bonds. The summed E-state index contributed by atoms with van der Waals surface area (Å²) in [6.07, 6.45) is 0.969. The summed E-state index contributed by atoms with van der Waals surface area (Å²) in [5.41, 5.74) is 2.22. The summed E-state index contributed by atoms with van der Waals surface area (Å²) in [5.74, 6) is -1.07. The van der Waals surface area contributed by atoms with Crippen molar-refractivity contribution in [2.45, 2.75) is 26.3 Å². The van der Waals surface area contributed by atoms with E-state index in [1.54, 1.807) is 0 Å².